The highest BCUT2D eigenvalue weighted by Gasteiger charge is 2.29. The second-order valence-electron chi connectivity index (χ2n) is 17.3. The first kappa shape index (κ1) is 60.0. The summed E-state index contributed by atoms with van der Waals surface area (Å²) in [6, 6.07) is 25.2. The zero-order valence-corrected chi connectivity index (χ0v) is 48.8. The van der Waals surface area contributed by atoms with Crippen molar-refractivity contribution in [1.29, 1.82) is 0 Å². The van der Waals surface area contributed by atoms with Crippen molar-refractivity contribution in [3.8, 4) is 0 Å². The Morgan fingerprint density at radius 3 is 1.29 bits per heavy atom. The maximum atomic E-state index is 14.3. The first-order valence-corrected chi connectivity index (χ1v) is 28.7. The van der Waals surface area contributed by atoms with E-state index in [1.807, 2.05) is 84.9 Å². The van der Waals surface area contributed by atoms with Gasteiger partial charge in [0.2, 0.25) is 11.8 Å². The first-order chi connectivity index (χ1) is 32.8. The van der Waals surface area contributed by atoms with Crippen LogP contribution in [0.2, 0.25) is 0 Å². The summed E-state index contributed by atoms with van der Waals surface area (Å²) in [5, 5.41) is 11.8. The van der Waals surface area contributed by atoms with Gasteiger partial charge in [-0.05, 0) is 118 Å². The average Bonchev–Trinajstić information content (AvgIpc) is 3.33. The molecule has 2 fully saturated rings. The molecule has 4 aromatic carbocycles. The number of amides is 4. The fraction of sp³-hybridized carbons (Fsp3) is 0.440. The van der Waals surface area contributed by atoms with Gasteiger partial charge in [-0.25, -0.2) is 9.59 Å². The minimum Gasteiger partial charge on any atom is -0.445 e. The first-order valence-electron chi connectivity index (χ1n) is 23.0. The third-order valence-corrected chi connectivity index (χ3v) is 16.8. The van der Waals surface area contributed by atoms with Crippen LogP contribution in [-0.2, 0) is 45.4 Å². The van der Waals surface area contributed by atoms with Crippen LogP contribution in [0.3, 0.4) is 0 Å². The molecule has 0 heterocycles. The lowest BCUT2D eigenvalue weighted by Crippen LogP contribution is -2.46. The number of carbonyl (C=O) groups is 4. The van der Waals surface area contributed by atoms with E-state index in [1.54, 1.807) is 0 Å². The molecule has 2 atom stereocenters. The molecule has 0 aromatic heterocycles. The molecule has 0 aliphatic heterocycles. The van der Waals surface area contributed by atoms with Crippen LogP contribution in [-0.4, -0.2) is 83.6 Å². The summed E-state index contributed by atoms with van der Waals surface area (Å²) in [5.74, 6) is -0.680. The van der Waals surface area contributed by atoms with Crippen molar-refractivity contribution in [2.45, 2.75) is 115 Å². The van der Waals surface area contributed by atoms with Crippen molar-refractivity contribution in [2.24, 2.45) is 0 Å². The lowest BCUT2D eigenvalue weighted by Gasteiger charge is -2.32. The smallest absolute Gasteiger partial charge is 0.408 e. The maximum Gasteiger partial charge on any atom is 0.408 e. The standard InChI is InChI=1S/C50H60Br4N6O6S2.2ClH/c1-59(39-19-11-5-12-20-39)27-35-23-37(51)25-41(53)45(35)57-47(61)43(55-49(63)65-29-33-15-7-3-8-16-33)31-67-68-32-44(56-50(64)66-30-34-17-9-4-10-18-34)48(62)58-46-36(24-38(52)26-42(46)54)28-60(2)40-21-13-6-14-22-40;;/h3-4,7-10,15-18,23-26,39-40,43-44H,5-6,11-14,19-22,27-32H2,1-2H3,(H,55,63)(H,56,64)(H,57,61)(H,58,62);2*1H/t43-,44-;;/m0../s1. The normalized spacial score (nSPS) is 14.9. The summed E-state index contributed by atoms with van der Waals surface area (Å²) in [5.41, 5.74) is 4.66. The van der Waals surface area contributed by atoms with E-state index in [1.165, 1.54) is 60.1 Å². The van der Waals surface area contributed by atoms with E-state index in [2.05, 4.69) is 109 Å². The Morgan fingerprint density at radius 1 is 0.571 bits per heavy atom. The molecule has 4 N–H and O–H groups in total. The predicted octanol–water partition coefficient (Wildman–Crippen LogP) is 13.7. The van der Waals surface area contributed by atoms with Crippen LogP contribution < -0.4 is 21.3 Å². The van der Waals surface area contributed by atoms with Crippen molar-refractivity contribution >= 4 is 145 Å². The molecule has 0 saturated heterocycles. The van der Waals surface area contributed by atoms with Crippen LogP contribution in [0.25, 0.3) is 0 Å². The molecule has 0 unspecified atom stereocenters. The lowest BCUT2D eigenvalue weighted by atomic mass is 9.94. The van der Waals surface area contributed by atoms with Crippen molar-refractivity contribution in [1.82, 2.24) is 20.4 Å². The number of alkyl carbamates (subject to hydrolysis) is 2. The molecule has 2 aliphatic carbocycles. The zero-order chi connectivity index (χ0) is 48.4. The Bertz CT molecular complexity index is 2150. The summed E-state index contributed by atoms with van der Waals surface area (Å²) in [4.78, 5) is 60.0. The second kappa shape index (κ2) is 31.3. The molecule has 0 radical (unpaired) electrons. The number of hydrogen-bond donors (Lipinski definition) is 4. The number of nitrogens with zero attached hydrogens (tertiary/aromatic N) is 2. The largest absolute Gasteiger partial charge is 0.445 e. The Morgan fingerprint density at radius 2 is 0.929 bits per heavy atom. The lowest BCUT2D eigenvalue weighted by molar-refractivity contribution is -0.118. The number of hydrogen-bond acceptors (Lipinski definition) is 10. The van der Waals surface area contributed by atoms with E-state index in [9.17, 15) is 19.2 Å². The minimum atomic E-state index is -1.05. The molecule has 70 heavy (non-hydrogen) atoms. The fourth-order valence-corrected chi connectivity index (χ4v) is 13.6. The van der Waals surface area contributed by atoms with Crippen molar-refractivity contribution in [2.75, 3.05) is 36.2 Å². The van der Waals surface area contributed by atoms with E-state index >= 15 is 0 Å². The van der Waals surface area contributed by atoms with Crippen LogP contribution in [0.4, 0.5) is 21.0 Å². The van der Waals surface area contributed by atoms with Crippen molar-refractivity contribution in [3.05, 3.63) is 125 Å². The number of halogens is 6. The highest BCUT2D eigenvalue weighted by atomic mass is 79.9. The molecule has 20 heteroatoms. The fourth-order valence-electron chi connectivity index (χ4n) is 8.46. The van der Waals surface area contributed by atoms with E-state index in [-0.39, 0.29) is 49.5 Å². The maximum absolute atomic E-state index is 14.3. The summed E-state index contributed by atoms with van der Waals surface area (Å²) in [6.07, 6.45) is 10.3. The van der Waals surface area contributed by atoms with Crippen molar-refractivity contribution in [3.63, 3.8) is 0 Å². The van der Waals surface area contributed by atoms with Gasteiger partial charge in [-0.2, -0.15) is 0 Å². The van der Waals surface area contributed by atoms with Gasteiger partial charge >= 0.3 is 12.2 Å². The third kappa shape index (κ3) is 19.4. The van der Waals surface area contributed by atoms with Crippen LogP contribution in [0.1, 0.15) is 86.5 Å². The van der Waals surface area contributed by atoms with Gasteiger partial charge in [0.1, 0.15) is 25.3 Å². The van der Waals surface area contributed by atoms with Gasteiger partial charge in [0.05, 0.1) is 11.4 Å². The molecule has 382 valence electrons. The van der Waals surface area contributed by atoms with Gasteiger partial charge in [-0.15, -0.1) is 24.8 Å². The number of rotatable bonds is 21. The van der Waals surface area contributed by atoms with Gasteiger partial charge in [0.25, 0.3) is 0 Å². The monoisotopic (exact) mass is 1290 g/mol. The molecule has 2 saturated carbocycles. The van der Waals surface area contributed by atoms with E-state index in [0.717, 1.165) is 56.9 Å². The van der Waals surface area contributed by atoms with Gasteiger partial charge in [-0.1, -0.05) is 153 Å². The number of benzene rings is 4. The van der Waals surface area contributed by atoms with Crippen LogP contribution in [0.5, 0.6) is 0 Å². The molecule has 0 spiro atoms. The third-order valence-electron chi connectivity index (χ3n) is 12.2. The van der Waals surface area contributed by atoms with Gasteiger partial charge in [0.15, 0.2) is 0 Å². The van der Waals surface area contributed by atoms with Crippen LogP contribution in [0.15, 0.2) is 103 Å². The molecule has 6 rings (SSSR count). The number of nitrogens with one attached hydrogen (secondary N) is 4. The number of ether oxygens (including phenoxy) is 2. The number of carbonyl (C=O) groups excluding carboxylic acids is 4. The van der Waals surface area contributed by atoms with E-state index in [0.29, 0.717) is 45.5 Å². The zero-order valence-electron chi connectivity index (χ0n) is 39.2. The Hall–Kier alpha value is -2.52. The molecular formula is C50H62Br4Cl2N6O6S2. The van der Waals surface area contributed by atoms with Gasteiger partial charge < -0.3 is 30.7 Å². The van der Waals surface area contributed by atoms with E-state index < -0.39 is 36.1 Å². The molecule has 0 bridgehead atoms. The highest BCUT2D eigenvalue weighted by Crippen LogP contribution is 2.36. The summed E-state index contributed by atoms with van der Waals surface area (Å²) in [6.45, 7) is 1.27. The topological polar surface area (TPSA) is 141 Å². The molecule has 4 amide bonds. The van der Waals surface area contributed by atoms with Crippen LogP contribution >= 0.6 is 110 Å². The van der Waals surface area contributed by atoms with Crippen molar-refractivity contribution < 1.29 is 28.7 Å². The average molecular weight is 1300 g/mol. The molecule has 2 aliphatic rings. The quantitative estimate of drug-likeness (QED) is 0.0471. The Labute approximate surface area is 466 Å². The summed E-state index contributed by atoms with van der Waals surface area (Å²) in [7, 11) is 6.81. The molecular weight excluding hydrogens is 1240 g/mol. The van der Waals surface area contributed by atoms with E-state index in [4.69, 9.17) is 9.47 Å². The summed E-state index contributed by atoms with van der Waals surface area (Å²) < 4.78 is 14.3. The minimum absolute atomic E-state index is 0. The van der Waals surface area contributed by atoms with Gasteiger partial charge in [0, 0.05) is 54.6 Å². The highest BCUT2D eigenvalue weighted by molar-refractivity contribution is 9.11. The summed E-state index contributed by atoms with van der Waals surface area (Å²) >= 11 is 14.7. The van der Waals surface area contributed by atoms with Crippen LogP contribution in [0, 0.1) is 0 Å². The SMILES string of the molecule is CN(Cc1cc(Br)cc(Br)c1NC(=O)[C@H](CSSC[C@H](NC(=O)OCc1ccccc1)C(=O)Nc1c(Br)cc(Br)cc1CN(C)C1CCCCC1)NC(=O)OCc1ccccc1)C1CCCCC1.Cl.Cl. The second-order valence-corrected chi connectivity index (χ2v) is 23.4. The number of anilines is 2. The Balaban J connectivity index is 0.00000533. The predicted molar refractivity (Wildman–Crippen MR) is 304 cm³/mol. The van der Waals surface area contributed by atoms with Gasteiger partial charge in [-0.3, -0.25) is 19.4 Å². The molecule has 12 nitrogen and oxygen atoms in total. The molecule has 4 aromatic rings. The Kier molecular flexibility index (Phi) is 26.8.